The maximum Gasteiger partial charge on any atom is 0.146 e. The van der Waals surface area contributed by atoms with E-state index in [1.54, 1.807) is 12.3 Å². The number of pyridine rings is 1. The van der Waals surface area contributed by atoms with E-state index in [4.69, 9.17) is 0 Å². The van der Waals surface area contributed by atoms with Gasteiger partial charge in [-0.15, -0.1) is 0 Å². The van der Waals surface area contributed by atoms with Gasteiger partial charge in [0.2, 0.25) is 0 Å². The molecule has 3 nitrogen and oxygen atoms in total. The molecule has 0 spiro atoms. The van der Waals surface area contributed by atoms with Crippen molar-refractivity contribution in [3.63, 3.8) is 0 Å². The van der Waals surface area contributed by atoms with Crippen molar-refractivity contribution in [1.82, 2.24) is 10.3 Å². The van der Waals surface area contributed by atoms with Crippen molar-refractivity contribution >= 4 is 5.69 Å². The van der Waals surface area contributed by atoms with Crippen LogP contribution in [0.5, 0.6) is 0 Å². The summed E-state index contributed by atoms with van der Waals surface area (Å²) in [5.41, 5.74) is 3.01. The monoisotopic (exact) mass is 313 g/mol. The van der Waals surface area contributed by atoms with Crippen LogP contribution in [0.2, 0.25) is 0 Å². The van der Waals surface area contributed by atoms with Crippen molar-refractivity contribution in [1.29, 1.82) is 0 Å². The molecule has 1 aliphatic heterocycles. The molecule has 1 unspecified atom stereocenters. The van der Waals surface area contributed by atoms with Crippen LogP contribution in [0.25, 0.3) is 0 Å². The van der Waals surface area contributed by atoms with Crippen molar-refractivity contribution in [2.75, 3.05) is 18.0 Å². The van der Waals surface area contributed by atoms with Gasteiger partial charge in [0.1, 0.15) is 5.82 Å². The minimum absolute atomic E-state index is 0.116. The Bertz CT molecular complexity index is 630. The zero-order valence-corrected chi connectivity index (χ0v) is 13.6. The van der Waals surface area contributed by atoms with Gasteiger partial charge in [-0.05, 0) is 48.1 Å². The Morgan fingerprint density at radius 2 is 2.13 bits per heavy atom. The summed E-state index contributed by atoms with van der Waals surface area (Å²) in [6.45, 7) is 5.63. The molecule has 2 aromatic rings. The summed E-state index contributed by atoms with van der Waals surface area (Å²) in [6.07, 6.45) is 6.02. The van der Waals surface area contributed by atoms with E-state index < -0.39 is 0 Å². The summed E-state index contributed by atoms with van der Waals surface area (Å²) >= 11 is 0. The van der Waals surface area contributed by atoms with Crippen molar-refractivity contribution in [3.05, 3.63) is 59.7 Å². The van der Waals surface area contributed by atoms with Gasteiger partial charge < -0.3 is 10.2 Å². The predicted molar refractivity (Wildman–Crippen MR) is 91.8 cm³/mol. The van der Waals surface area contributed by atoms with Crippen molar-refractivity contribution in [3.8, 4) is 0 Å². The number of benzene rings is 1. The zero-order chi connectivity index (χ0) is 16.1. The molecule has 1 fully saturated rings. The molecule has 1 aliphatic rings. The van der Waals surface area contributed by atoms with Crippen LogP contribution in [0.4, 0.5) is 10.1 Å². The fourth-order valence-corrected chi connectivity index (χ4v) is 3.17. The SMILES string of the molecule is CC1CCCN(c2cc(CNCc3cccnc3)ccc2F)C1. The van der Waals surface area contributed by atoms with Crippen molar-refractivity contribution < 1.29 is 4.39 Å². The largest absolute Gasteiger partial charge is 0.369 e. The number of hydrogen-bond donors (Lipinski definition) is 1. The fraction of sp³-hybridized carbons (Fsp3) is 0.421. The lowest BCUT2D eigenvalue weighted by atomic mass is 9.99. The molecule has 122 valence electrons. The smallest absolute Gasteiger partial charge is 0.146 e. The predicted octanol–water partition coefficient (Wildman–Crippen LogP) is 3.75. The summed E-state index contributed by atoms with van der Waals surface area (Å²) in [7, 11) is 0. The van der Waals surface area contributed by atoms with Crippen LogP contribution in [0, 0.1) is 11.7 Å². The maximum atomic E-state index is 14.2. The first-order valence-corrected chi connectivity index (χ1v) is 8.35. The molecule has 4 heteroatoms. The highest BCUT2D eigenvalue weighted by Gasteiger charge is 2.19. The number of anilines is 1. The lowest BCUT2D eigenvalue weighted by Crippen LogP contribution is -2.34. The second kappa shape index (κ2) is 7.55. The number of halogens is 1. The van der Waals surface area contributed by atoms with Gasteiger partial charge >= 0.3 is 0 Å². The van der Waals surface area contributed by atoms with Gasteiger partial charge in [0.05, 0.1) is 5.69 Å². The quantitative estimate of drug-likeness (QED) is 0.911. The molecule has 0 saturated carbocycles. The van der Waals surface area contributed by atoms with Crippen LogP contribution in [-0.2, 0) is 13.1 Å². The Morgan fingerprint density at radius 1 is 1.26 bits per heavy atom. The third-order valence-corrected chi connectivity index (χ3v) is 4.39. The van der Waals surface area contributed by atoms with E-state index in [2.05, 4.69) is 22.1 Å². The Balaban J connectivity index is 1.63. The van der Waals surface area contributed by atoms with E-state index >= 15 is 0 Å². The average molecular weight is 313 g/mol. The lowest BCUT2D eigenvalue weighted by molar-refractivity contribution is 0.442. The summed E-state index contributed by atoms with van der Waals surface area (Å²) in [5, 5.41) is 3.40. The maximum absolute atomic E-state index is 14.2. The third kappa shape index (κ3) is 4.29. The van der Waals surface area contributed by atoms with Gasteiger partial charge in [0.15, 0.2) is 0 Å². The zero-order valence-electron chi connectivity index (χ0n) is 13.6. The number of nitrogens with one attached hydrogen (secondary N) is 1. The van der Waals surface area contributed by atoms with Crippen LogP contribution >= 0.6 is 0 Å². The summed E-state index contributed by atoms with van der Waals surface area (Å²) < 4.78 is 14.2. The van der Waals surface area contributed by atoms with Crippen LogP contribution in [0.15, 0.2) is 42.7 Å². The first-order valence-electron chi connectivity index (χ1n) is 8.35. The molecule has 3 rings (SSSR count). The fourth-order valence-electron chi connectivity index (χ4n) is 3.17. The molecule has 1 atom stereocenters. The van der Waals surface area contributed by atoms with Gasteiger partial charge in [-0.1, -0.05) is 19.1 Å². The highest BCUT2D eigenvalue weighted by molar-refractivity contribution is 5.50. The van der Waals surface area contributed by atoms with Crippen LogP contribution in [0.1, 0.15) is 30.9 Å². The molecular weight excluding hydrogens is 289 g/mol. The van der Waals surface area contributed by atoms with Gasteiger partial charge in [-0.2, -0.15) is 0 Å². The minimum Gasteiger partial charge on any atom is -0.369 e. The molecule has 2 heterocycles. The Labute approximate surface area is 137 Å². The number of aromatic nitrogens is 1. The third-order valence-electron chi connectivity index (χ3n) is 4.39. The number of rotatable bonds is 5. The van der Waals surface area contributed by atoms with Crippen molar-refractivity contribution in [2.24, 2.45) is 5.92 Å². The van der Waals surface area contributed by atoms with Gasteiger partial charge in [0, 0.05) is 38.6 Å². The first kappa shape index (κ1) is 15.9. The number of piperidine rings is 1. The van der Waals surface area contributed by atoms with E-state index in [0.717, 1.165) is 49.4 Å². The van der Waals surface area contributed by atoms with Crippen molar-refractivity contribution in [2.45, 2.75) is 32.9 Å². The van der Waals surface area contributed by atoms with Crippen LogP contribution in [0.3, 0.4) is 0 Å². The van der Waals surface area contributed by atoms with E-state index in [1.807, 2.05) is 30.5 Å². The van der Waals surface area contributed by atoms with Crippen LogP contribution in [-0.4, -0.2) is 18.1 Å². The molecule has 0 amide bonds. The molecule has 1 N–H and O–H groups in total. The highest BCUT2D eigenvalue weighted by atomic mass is 19.1. The molecule has 0 bridgehead atoms. The standard InChI is InChI=1S/C19H24FN3/c1-15-4-3-9-23(14-15)19-10-16(6-7-18(19)20)11-22-13-17-5-2-8-21-12-17/h2,5-8,10,12,15,22H,3-4,9,11,13-14H2,1H3. The van der Waals surface area contributed by atoms with E-state index in [1.165, 1.54) is 6.42 Å². The average Bonchev–Trinajstić information content (AvgIpc) is 2.57. The molecule has 1 aromatic carbocycles. The molecule has 1 saturated heterocycles. The lowest BCUT2D eigenvalue weighted by Gasteiger charge is -2.33. The number of hydrogen-bond acceptors (Lipinski definition) is 3. The molecular formula is C19H24FN3. The van der Waals surface area contributed by atoms with Gasteiger partial charge in [-0.25, -0.2) is 4.39 Å². The molecule has 0 radical (unpaired) electrons. The topological polar surface area (TPSA) is 28.2 Å². The van der Waals surface area contributed by atoms with E-state index in [9.17, 15) is 4.39 Å². The van der Waals surface area contributed by atoms with Crippen LogP contribution < -0.4 is 10.2 Å². The summed E-state index contributed by atoms with van der Waals surface area (Å²) in [4.78, 5) is 6.30. The Morgan fingerprint density at radius 3 is 2.91 bits per heavy atom. The number of nitrogens with zero attached hydrogens (tertiary/aromatic N) is 2. The summed E-state index contributed by atoms with van der Waals surface area (Å²) in [5.74, 6) is 0.519. The molecule has 23 heavy (non-hydrogen) atoms. The van der Waals surface area contributed by atoms with Gasteiger partial charge in [0.25, 0.3) is 0 Å². The molecule has 0 aliphatic carbocycles. The molecule has 1 aromatic heterocycles. The van der Waals surface area contributed by atoms with E-state index in [0.29, 0.717) is 5.92 Å². The second-order valence-corrected chi connectivity index (χ2v) is 6.44. The Kier molecular flexibility index (Phi) is 5.23. The Hall–Kier alpha value is -1.94. The highest BCUT2D eigenvalue weighted by Crippen LogP contribution is 2.26. The van der Waals surface area contributed by atoms with E-state index in [-0.39, 0.29) is 5.82 Å². The minimum atomic E-state index is -0.116. The summed E-state index contributed by atoms with van der Waals surface area (Å²) in [6, 6.07) is 9.43. The first-order chi connectivity index (χ1) is 11.2. The second-order valence-electron chi connectivity index (χ2n) is 6.44. The van der Waals surface area contributed by atoms with Gasteiger partial charge in [-0.3, -0.25) is 4.98 Å². The normalized spacial score (nSPS) is 18.2.